The van der Waals surface area contributed by atoms with Crippen LogP contribution in [0.15, 0.2) is 0 Å². The van der Waals surface area contributed by atoms with Gasteiger partial charge in [0.05, 0.1) is 55.4 Å². The smallest absolute Gasteiger partial charge is 0.138 e. The lowest BCUT2D eigenvalue weighted by atomic mass is 10.3. The summed E-state index contributed by atoms with van der Waals surface area (Å²) in [6.45, 7) is 1.96. The summed E-state index contributed by atoms with van der Waals surface area (Å²) in [5.41, 5.74) is -0.579. The third kappa shape index (κ3) is 12.7. The van der Waals surface area contributed by atoms with Crippen molar-refractivity contribution in [2.75, 3.05) is 55.4 Å². The molecule has 5 heteroatoms. The molecule has 0 aromatic heterocycles. The van der Waals surface area contributed by atoms with Crippen molar-refractivity contribution in [1.82, 2.24) is 0 Å². The Hall–Kier alpha value is 0.460. The third-order valence-corrected chi connectivity index (χ3v) is 2.99. The van der Waals surface area contributed by atoms with Gasteiger partial charge in [-0.2, -0.15) is 0 Å². The highest BCUT2D eigenvalue weighted by Gasteiger charge is 2.18. The second-order valence-corrected chi connectivity index (χ2v) is 7.53. The van der Waals surface area contributed by atoms with Crippen molar-refractivity contribution in [2.45, 2.75) is 24.0 Å². The van der Waals surface area contributed by atoms with Crippen LogP contribution in [-0.2, 0) is 4.74 Å². The van der Waals surface area contributed by atoms with Crippen molar-refractivity contribution >= 4 is 23.2 Å². The molecule has 0 spiro atoms. The van der Waals surface area contributed by atoms with Gasteiger partial charge in [-0.25, -0.2) is 0 Å². The number of hydrogen-bond acceptors (Lipinski definition) is 1. The van der Waals surface area contributed by atoms with Crippen LogP contribution >= 0.6 is 23.2 Å². The largest absolute Gasteiger partial charge is 0.343 e. The molecule has 0 amide bonds. The maximum absolute atomic E-state index is 6.11. The molecule has 0 radical (unpaired) electrons. The van der Waals surface area contributed by atoms with Gasteiger partial charge in [0.2, 0.25) is 0 Å². The minimum absolute atomic E-state index is 0.290. The minimum atomic E-state index is -0.290. The van der Waals surface area contributed by atoms with Gasteiger partial charge in [-0.1, -0.05) is 23.2 Å². The van der Waals surface area contributed by atoms with Crippen LogP contribution in [0.3, 0.4) is 0 Å². The zero-order chi connectivity index (χ0) is 13.7. The predicted molar refractivity (Wildman–Crippen MR) is 75.4 cm³/mol. The molecule has 0 bridgehead atoms. The second kappa shape index (κ2) is 7.15. The molecule has 0 aliphatic rings. The summed E-state index contributed by atoms with van der Waals surface area (Å²) < 4.78 is 7.33. The second-order valence-electron chi connectivity index (χ2n) is 6.56. The first-order valence-electron chi connectivity index (χ1n) is 6.04. The van der Waals surface area contributed by atoms with Gasteiger partial charge in [0, 0.05) is 12.8 Å². The van der Waals surface area contributed by atoms with E-state index in [0.717, 1.165) is 34.9 Å². The van der Waals surface area contributed by atoms with Gasteiger partial charge in [0.1, 0.15) is 11.1 Å². The SMILES string of the molecule is C[N+](C)(C)CCC(Cl)OC(Cl)CC[N+](C)(C)C. The molecule has 0 saturated heterocycles. The van der Waals surface area contributed by atoms with E-state index in [2.05, 4.69) is 42.3 Å². The third-order valence-electron chi connectivity index (χ3n) is 2.35. The van der Waals surface area contributed by atoms with E-state index in [-0.39, 0.29) is 11.1 Å². The van der Waals surface area contributed by atoms with Gasteiger partial charge in [-0.15, -0.1) is 0 Å². The van der Waals surface area contributed by atoms with E-state index >= 15 is 0 Å². The van der Waals surface area contributed by atoms with E-state index < -0.39 is 0 Å². The summed E-state index contributed by atoms with van der Waals surface area (Å²) in [6.07, 6.45) is 1.64. The first kappa shape index (κ1) is 17.5. The molecule has 104 valence electrons. The number of halogens is 2. The molecule has 2 atom stereocenters. The van der Waals surface area contributed by atoms with Crippen LogP contribution in [0.25, 0.3) is 0 Å². The molecule has 0 saturated carbocycles. The van der Waals surface area contributed by atoms with Crippen LogP contribution < -0.4 is 0 Å². The summed E-state index contributed by atoms with van der Waals surface area (Å²) in [6, 6.07) is 0. The maximum Gasteiger partial charge on any atom is 0.138 e. The van der Waals surface area contributed by atoms with Crippen LogP contribution in [0.5, 0.6) is 0 Å². The van der Waals surface area contributed by atoms with Crippen molar-refractivity contribution in [3.05, 3.63) is 0 Å². The van der Waals surface area contributed by atoms with E-state index in [4.69, 9.17) is 27.9 Å². The number of quaternary nitrogens is 2. The van der Waals surface area contributed by atoms with E-state index in [9.17, 15) is 0 Å². The first-order valence-corrected chi connectivity index (χ1v) is 6.91. The Kier molecular flexibility index (Phi) is 7.34. The van der Waals surface area contributed by atoms with Crippen LogP contribution in [-0.4, -0.2) is 75.5 Å². The van der Waals surface area contributed by atoms with E-state index in [0.29, 0.717) is 0 Å². The Balaban J connectivity index is 3.77. The molecular formula is C12H28Cl2N2O+2. The molecule has 3 nitrogen and oxygen atoms in total. The van der Waals surface area contributed by atoms with Gasteiger partial charge in [0.25, 0.3) is 0 Å². The lowest BCUT2D eigenvalue weighted by Gasteiger charge is -2.27. The molecule has 2 unspecified atom stereocenters. The number of ether oxygens (including phenoxy) is 1. The topological polar surface area (TPSA) is 9.23 Å². The monoisotopic (exact) mass is 286 g/mol. The Morgan fingerprint density at radius 3 is 1.29 bits per heavy atom. The highest BCUT2D eigenvalue weighted by molar-refractivity contribution is 6.21. The standard InChI is InChI=1S/C12H28Cl2N2O/c1-15(2,3)9-7-11(13)17-12(14)8-10-16(4,5)6/h11-12H,7-10H2,1-6H3/q+2. The highest BCUT2D eigenvalue weighted by Crippen LogP contribution is 2.15. The Morgan fingerprint density at radius 2 is 1.06 bits per heavy atom. The van der Waals surface area contributed by atoms with E-state index in [1.54, 1.807) is 0 Å². The molecule has 0 N–H and O–H groups in total. The van der Waals surface area contributed by atoms with Crippen molar-refractivity contribution < 1.29 is 13.7 Å². The van der Waals surface area contributed by atoms with Crippen LogP contribution in [0.2, 0.25) is 0 Å². The lowest BCUT2D eigenvalue weighted by Crippen LogP contribution is -2.38. The molecular weight excluding hydrogens is 259 g/mol. The number of alkyl halides is 2. The molecule has 0 fully saturated rings. The van der Waals surface area contributed by atoms with Crippen molar-refractivity contribution in [3.8, 4) is 0 Å². The average Bonchev–Trinajstić information content (AvgIpc) is 2.09. The maximum atomic E-state index is 6.11. The number of nitrogens with zero attached hydrogens (tertiary/aromatic N) is 2. The zero-order valence-corrected chi connectivity index (χ0v) is 13.6. The summed E-state index contributed by atoms with van der Waals surface area (Å²) in [5.74, 6) is 0. The normalized spacial score (nSPS) is 16.9. The average molecular weight is 287 g/mol. The summed E-state index contributed by atoms with van der Waals surface area (Å²) >= 11 is 12.2. The van der Waals surface area contributed by atoms with Crippen molar-refractivity contribution in [2.24, 2.45) is 0 Å². The Morgan fingerprint density at radius 1 is 0.765 bits per heavy atom. The highest BCUT2D eigenvalue weighted by atomic mass is 35.5. The first-order chi connectivity index (χ1) is 7.49. The van der Waals surface area contributed by atoms with Gasteiger partial charge in [0.15, 0.2) is 0 Å². The minimum Gasteiger partial charge on any atom is -0.343 e. The quantitative estimate of drug-likeness (QED) is 0.492. The van der Waals surface area contributed by atoms with Crippen LogP contribution in [0.1, 0.15) is 12.8 Å². The van der Waals surface area contributed by atoms with Crippen molar-refractivity contribution in [1.29, 1.82) is 0 Å². The summed E-state index contributed by atoms with van der Waals surface area (Å²) in [5, 5.41) is 0. The Labute approximate surface area is 116 Å². The molecule has 0 aromatic carbocycles. The van der Waals surface area contributed by atoms with Gasteiger partial charge in [-0.05, 0) is 0 Å². The number of hydrogen-bond donors (Lipinski definition) is 0. The van der Waals surface area contributed by atoms with E-state index in [1.165, 1.54) is 0 Å². The fourth-order valence-electron chi connectivity index (χ4n) is 1.27. The Bertz CT molecular complexity index is 190. The number of rotatable bonds is 8. The molecule has 0 aliphatic heterocycles. The van der Waals surface area contributed by atoms with E-state index in [1.807, 2.05) is 0 Å². The molecule has 0 aromatic rings. The van der Waals surface area contributed by atoms with Gasteiger partial charge < -0.3 is 13.7 Å². The van der Waals surface area contributed by atoms with Crippen molar-refractivity contribution in [3.63, 3.8) is 0 Å². The molecule has 0 heterocycles. The molecule has 0 aliphatic carbocycles. The fraction of sp³-hybridized carbons (Fsp3) is 1.00. The molecule has 0 rings (SSSR count). The molecule has 17 heavy (non-hydrogen) atoms. The fourth-order valence-corrected chi connectivity index (χ4v) is 1.77. The summed E-state index contributed by atoms with van der Waals surface area (Å²) in [4.78, 5) is 0. The van der Waals surface area contributed by atoms with Crippen LogP contribution in [0, 0.1) is 0 Å². The predicted octanol–water partition coefficient (Wildman–Crippen LogP) is 2.33. The van der Waals surface area contributed by atoms with Gasteiger partial charge >= 0.3 is 0 Å². The van der Waals surface area contributed by atoms with Crippen LogP contribution in [0.4, 0.5) is 0 Å². The lowest BCUT2D eigenvalue weighted by molar-refractivity contribution is -0.871. The zero-order valence-electron chi connectivity index (χ0n) is 12.0. The van der Waals surface area contributed by atoms with Gasteiger partial charge in [-0.3, -0.25) is 0 Å². The summed E-state index contributed by atoms with van der Waals surface area (Å²) in [7, 11) is 12.8.